The van der Waals surface area contributed by atoms with E-state index in [0.717, 1.165) is 18.2 Å². The van der Waals surface area contributed by atoms with Gasteiger partial charge in [0.1, 0.15) is 16.5 Å². The van der Waals surface area contributed by atoms with E-state index in [4.69, 9.17) is 5.73 Å². The van der Waals surface area contributed by atoms with Gasteiger partial charge in [-0.2, -0.15) is 0 Å². The zero-order chi connectivity index (χ0) is 15.8. The largest absolute Gasteiger partial charge is 0.395 e. The van der Waals surface area contributed by atoms with Crippen LogP contribution in [0.25, 0.3) is 0 Å². The second-order valence-corrected chi connectivity index (χ2v) is 5.65. The molecule has 0 aliphatic carbocycles. The van der Waals surface area contributed by atoms with Crippen molar-refractivity contribution in [1.29, 1.82) is 0 Å². The Hall–Kier alpha value is -2.29. The van der Waals surface area contributed by atoms with Crippen molar-refractivity contribution in [2.24, 2.45) is 0 Å². The van der Waals surface area contributed by atoms with Gasteiger partial charge in [-0.1, -0.05) is 6.07 Å². The van der Waals surface area contributed by atoms with Crippen molar-refractivity contribution in [1.82, 2.24) is 0 Å². The highest BCUT2D eigenvalue weighted by Crippen LogP contribution is 2.26. The minimum atomic E-state index is -4.46. The van der Waals surface area contributed by atoms with Gasteiger partial charge in [-0.3, -0.25) is 4.72 Å². The molecule has 0 aliphatic heterocycles. The number of benzene rings is 2. The van der Waals surface area contributed by atoms with E-state index in [1.165, 1.54) is 0 Å². The van der Waals surface area contributed by atoms with Gasteiger partial charge >= 0.3 is 0 Å². The average molecular weight is 320 g/mol. The summed E-state index contributed by atoms with van der Waals surface area (Å²) in [6.07, 6.45) is 0. The van der Waals surface area contributed by atoms with Crippen LogP contribution in [0.15, 0.2) is 35.2 Å². The minimum absolute atomic E-state index is 0.183. The van der Waals surface area contributed by atoms with Crippen molar-refractivity contribution in [3.8, 4) is 0 Å². The third-order valence-corrected chi connectivity index (χ3v) is 3.98. The number of hydrogen-bond donors (Lipinski definition) is 2. The number of nitrogen functional groups attached to an aromatic ring is 1. The number of para-hydroxylation sites is 1. The Labute approximate surface area is 117 Å². The fourth-order valence-corrected chi connectivity index (χ4v) is 2.75. The molecule has 0 saturated heterocycles. The quantitative estimate of drug-likeness (QED) is 0.519. The summed E-state index contributed by atoms with van der Waals surface area (Å²) in [5, 5.41) is 0. The first-order valence-corrected chi connectivity index (χ1v) is 6.92. The van der Waals surface area contributed by atoms with Crippen LogP contribution in [0.5, 0.6) is 0 Å². The van der Waals surface area contributed by atoms with Crippen LogP contribution >= 0.6 is 0 Å². The van der Waals surface area contributed by atoms with Crippen molar-refractivity contribution in [2.45, 2.75) is 4.90 Å². The molecule has 9 heteroatoms. The van der Waals surface area contributed by atoms with Crippen LogP contribution in [0.2, 0.25) is 0 Å². The lowest BCUT2D eigenvalue weighted by atomic mass is 10.3. The molecule has 0 saturated carbocycles. The maximum atomic E-state index is 13.4. The number of nitrogens with one attached hydrogen (secondary N) is 1. The summed E-state index contributed by atoms with van der Waals surface area (Å²) in [7, 11) is -4.46. The van der Waals surface area contributed by atoms with Crippen LogP contribution in [0.4, 0.5) is 28.9 Å². The zero-order valence-electron chi connectivity index (χ0n) is 10.2. The molecule has 2 aromatic carbocycles. The van der Waals surface area contributed by atoms with Gasteiger partial charge in [-0.05, 0) is 12.1 Å². The van der Waals surface area contributed by atoms with E-state index in [1.807, 2.05) is 0 Å². The molecule has 0 aromatic heterocycles. The molecule has 0 fully saturated rings. The van der Waals surface area contributed by atoms with Gasteiger partial charge in [-0.15, -0.1) is 0 Å². The highest BCUT2D eigenvalue weighted by Gasteiger charge is 2.22. The Morgan fingerprint density at radius 3 is 2.19 bits per heavy atom. The molecule has 0 unspecified atom stereocenters. The van der Waals surface area contributed by atoms with E-state index < -0.39 is 49.6 Å². The molecule has 3 N–H and O–H groups in total. The monoisotopic (exact) mass is 320 g/mol. The maximum Gasteiger partial charge on any atom is 0.264 e. The highest BCUT2D eigenvalue weighted by atomic mass is 32.2. The third kappa shape index (κ3) is 2.92. The molecule has 2 rings (SSSR count). The van der Waals surface area contributed by atoms with E-state index in [2.05, 4.69) is 0 Å². The highest BCUT2D eigenvalue weighted by molar-refractivity contribution is 7.92. The molecule has 2 aromatic rings. The fraction of sp³-hybridized carbons (Fsp3) is 0. The van der Waals surface area contributed by atoms with E-state index in [-0.39, 0.29) is 6.07 Å². The first kappa shape index (κ1) is 15.1. The van der Waals surface area contributed by atoms with Crippen LogP contribution in [0, 0.1) is 23.3 Å². The summed E-state index contributed by atoms with van der Waals surface area (Å²) in [6, 6.07) is 3.52. The van der Waals surface area contributed by atoms with Crippen molar-refractivity contribution in [3.63, 3.8) is 0 Å². The van der Waals surface area contributed by atoms with Crippen molar-refractivity contribution in [2.75, 3.05) is 10.5 Å². The molecular weight excluding hydrogens is 312 g/mol. The van der Waals surface area contributed by atoms with Gasteiger partial charge in [0.25, 0.3) is 10.0 Å². The predicted octanol–water partition coefficient (Wildman–Crippen LogP) is 2.63. The Morgan fingerprint density at radius 1 is 0.905 bits per heavy atom. The Kier molecular flexibility index (Phi) is 3.77. The number of halogens is 4. The topological polar surface area (TPSA) is 72.2 Å². The lowest BCUT2D eigenvalue weighted by Gasteiger charge is -2.11. The van der Waals surface area contributed by atoms with E-state index in [9.17, 15) is 26.0 Å². The number of anilines is 2. The lowest BCUT2D eigenvalue weighted by Crippen LogP contribution is -2.16. The second kappa shape index (κ2) is 5.24. The van der Waals surface area contributed by atoms with Crippen molar-refractivity contribution >= 4 is 21.4 Å². The first-order valence-electron chi connectivity index (χ1n) is 5.43. The number of sulfonamides is 1. The van der Waals surface area contributed by atoms with Gasteiger partial charge in [0.05, 0.1) is 11.4 Å². The summed E-state index contributed by atoms with van der Waals surface area (Å²) in [4.78, 5) is -0.647. The summed E-state index contributed by atoms with van der Waals surface area (Å²) >= 11 is 0. The summed E-state index contributed by atoms with van der Waals surface area (Å²) < 4.78 is 78.1. The van der Waals surface area contributed by atoms with E-state index >= 15 is 0 Å². The molecule has 0 bridgehead atoms. The molecule has 0 heterocycles. The molecule has 112 valence electrons. The van der Waals surface area contributed by atoms with Crippen LogP contribution in [0.3, 0.4) is 0 Å². The maximum absolute atomic E-state index is 13.4. The van der Waals surface area contributed by atoms with Gasteiger partial charge in [-0.25, -0.2) is 26.0 Å². The molecule has 0 atom stereocenters. The zero-order valence-corrected chi connectivity index (χ0v) is 11.0. The van der Waals surface area contributed by atoms with Gasteiger partial charge in [0.2, 0.25) is 0 Å². The fourth-order valence-electron chi connectivity index (χ4n) is 1.55. The lowest BCUT2D eigenvalue weighted by molar-refractivity contribution is 0.496. The second-order valence-electron chi connectivity index (χ2n) is 4.00. The number of nitrogens with two attached hydrogens (primary N) is 1. The molecule has 21 heavy (non-hydrogen) atoms. The molecular formula is C12H8F4N2O2S. The van der Waals surface area contributed by atoms with Crippen molar-refractivity contribution in [3.05, 3.63) is 53.6 Å². The standard InChI is InChI=1S/C12H8F4N2O2S/c13-6-2-1-3-11(12(6)17)21(19,20)18-10-5-8(15)7(14)4-9(10)16/h1-5,18H,17H2. The average Bonchev–Trinajstić information content (AvgIpc) is 2.38. The summed E-state index contributed by atoms with van der Waals surface area (Å²) in [5.41, 5.74) is 3.80. The minimum Gasteiger partial charge on any atom is -0.395 e. The smallest absolute Gasteiger partial charge is 0.264 e. The molecule has 0 amide bonds. The third-order valence-electron chi connectivity index (χ3n) is 2.56. The van der Waals surface area contributed by atoms with Gasteiger partial charge < -0.3 is 5.73 Å². The predicted molar refractivity (Wildman–Crippen MR) is 67.9 cm³/mol. The Bertz CT molecular complexity index is 809. The summed E-state index contributed by atoms with van der Waals surface area (Å²) in [6.45, 7) is 0. The normalized spacial score (nSPS) is 11.4. The Morgan fingerprint density at radius 2 is 1.52 bits per heavy atom. The Balaban J connectivity index is 2.47. The van der Waals surface area contributed by atoms with Crippen LogP contribution < -0.4 is 10.5 Å². The van der Waals surface area contributed by atoms with Crippen molar-refractivity contribution < 1.29 is 26.0 Å². The number of hydrogen-bond acceptors (Lipinski definition) is 3. The molecule has 0 spiro atoms. The molecule has 0 aliphatic rings. The number of rotatable bonds is 3. The van der Waals surface area contributed by atoms with E-state index in [1.54, 1.807) is 4.72 Å². The van der Waals surface area contributed by atoms with Crippen LogP contribution in [-0.4, -0.2) is 8.42 Å². The van der Waals surface area contributed by atoms with Gasteiger partial charge in [0.15, 0.2) is 11.6 Å². The van der Waals surface area contributed by atoms with Crippen LogP contribution in [0.1, 0.15) is 0 Å². The first-order chi connectivity index (χ1) is 9.72. The molecule has 0 radical (unpaired) electrons. The van der Waals surface area contributed by atoms with Crippen LogP contribution in [-0.2, 0) is 10.0 Å². The SMILES string of the molecule is Nc1c(F)cccc1S(=O)(=O)Nc1cc(F)c(F)cc1F. The van der Waals surface area contributed by atoms with E-state index in [0.29, 0.717) is 6.07 Å². The molecule has 4 nitrogen and oxygen atoms in total. The summed E-state index contributed by atoms with van der Waals surface area (Å²) in [5.74, 6) is -5.22. The van der Waals surface area contributed by atoms with Gasteiger partial charge in [0, 0.05) is 12.1 Å².